The number of aryl methyl sites for hydroxylation is 4. The van der Waals surface area contributed by atoms with Crippen LogP contribution in [0.25, 0.3) is 22.4 Å². The molecule has 5 rings (SSSR count). The fourth-order valence-corrected chi connectivity index (χ4v) is 4.28. The molecule has 1 heterocycles. The van der Waals surface area contributed by atoms with E-state index in [2.05, 4.69) is 47.4 Å². The molecule has 3 aromatic rings. The number of allylic oxidation sites excluding steroid dienone is 2. The van der Waals surface area contributed by atoms with Gasteiger partial charge in [0.15, 0.2) is 0 Å². The van der Waals surface area contributed by atoms with Crippen molar-refractivity contribution in [2.24, 2.45) is 0 Å². The van der Waals surface area contributed by atoms with E-state index < -0.39 is 0 Å². The predicted molar refractivity (Wildman–Crippen MR) is 118 cm³/mol. The summed E-state index contributed by atoms with van der Waals surface area (Å²) in [4.78, 5) is 12.9. The molecule has 2 aromatic carbocycles. The summed E-state index contributed by atoms with van der Waals surface area (Å²) in [6, 6.07) is 18.9. The van der Waals surface area contributed by atoms with Gasteiger partial charge in [0, 0.05) is 26.3 Å². The predicted octanol–water partition coefficient (Wildman–Crippen LogP) is 5.42. The van der Waals surface area contributed by atoms with Crippen molar-refractivity contribution in [1.82, 2.24) is 4.98 Å². The van der Waals surface area contributed by atoms with Crippen LogP contribution < -0.4 is 0 Å². The standard InChI is InChI=1S/C21H16N.C5H8O2.Ir/c1-2-11-22-19(6-1)18-12-16-9-7-14-4-3-5-15-8-10-17(13-18)21(16)20(14)15;1-4(6)3-5(2)7;/h1-6,11-12H,7-10H2;3,6H,1-2H3;/q-1;;/p+1/b;4-3-;. The average Bonchev–Trinajstić information content (AvgIpc) is 2.72. The van der Waals surface area contributed by atoms with Crippen molar-refractivity contribution < 1.29 is 30.0 Å². The second kappa shape index (κ2) is 9.51. The number of ketones is 1. The maximum absolute atomic E-state index is 8.40. The monoisotopic (exact) mass is 576 g/mol. The van der Waals surface area contributed by atoms with Crippen molar-refractivity contribution >= 4 is 5.78 Å². The van der Waals surface area contributed by atoms with E-state index in [0.29, 0.717) is 0 Å². The Bertz CT molecular complexity index is 1050. The first kappa shape index (κ1) is 22.1. The Balaban J connectivity index is 0.000000281. The third-order valence-electron chi connectivity index (χ3n) is 5.38. The Morgan fingerprint density at radius 3 is 2.27 bits per heavy atom. The molecule has 0 saturated heterocycles. The summed E-state index contributed by atoms with van der Waals surface area (Å²) >= 11 is 0. The number of rotatable bonds is 2. The molecule has 1 aromatic heterocycles. The topological polar surface area (TPSA) is 54.5 Å². The van der Waals surface area contributed by atoms with Gasteiger partial charge in [-0.25, -0.2) is 0 Å². The van der Waals surface area contributed by atoms with E-state index in [1.807, 2.05) is 12.3 Å². The molecule has 0 spiro atoms. The molecule has 3 nitrogen and oxygen atoms in total. The molecular weight excluding hydrogens is 551 g/mol. The minimum atomic E-state index is 0. The number of hydrogen-bond acceptors (Lipinski definition) is 2. The van der Waals surface area contributed by atoms with E-state index in [1.54, 1.807) is 0 Å². The van der Waals surface area contributed by atoms with Crippen LogP contribution >= 0.6 is 0 Å². The van der Waals surface area contributed by atoms with Gasteiger partial charge >= 0.3 is 5.78 Å². The first-order chi connectivity index (χ1) is 14.0. The van der Waals surface area contributed by atoms with Crippen LogP contribution in [0.2, 0.25) is 0 Å². The van der Waals surface area contributed by atoms with Crippen LogP contribution in [0.4, 0.5) is 0 Å². The summed E-state index contributed by atoms with van der Waals surface area (Å²) in [5.74, 6) is 0.250. The zero-order valence-electron chi connectivity index (χ0n) is 17.2. The summed E-state index contributed by atoms with van der Waals surface area (Å²) in [6.45, 7) is 3.00. The molecule has 30 heavy (non-hydrogen) atoms. The molecule has 0 amide bonds. The second-order valence-electron chi connectivity index (χ2n) is 7.66. The molecule has 0 bridgehead atoms. The number of carbonyl (C=O) groups excluding carboxylic acids is 1. The van der Waals surface area contributed by atoms with Crippen LogP contribution in [-0.4, -0.2) is 20.7 Å². The minimum absolute atomic E-state index is 0. The van der Waals surface area contributed by atoms with E-state index in [9.17, 15) is 0 Å². The Labute approximate surface area is 191 Å². The van der Waals surface area contributed by atoms with Gasteiger partial charge in [0.2, 0.25) is 0 Å². The van der Waals surface area contributed by atoms with Gasteiger partial charge in [-0.15, -0.1) is 28.8 Å². The van der Waals surface area contributed by atoms with E-state index >= 15 is 0 Å². The van der Waals surface area contributed by atoms with Crippen molar-refractivity contribution in [2.45, 2.75) is 39.5 Å². The summed E-state index contributed by atoms with van der Waals surface area (Å²) in [7, 11) is 0. The molecule has 0 saturated carbocycles. The van der Waals surface area contributed by atoms with Gasteiger partial charge in [-0.2, -0.15) is 0 Å². The number of nitrogens with zero attached hydrogens (tertiary/aromatic N) is 1. The molecule has 0 atom stereocenters. The van der Waals surface area contributed by atoms with Crippen LogP contribution in [-0.2, 0) is 45.8 Å². The Hall–Kier alpha value is -2.55. The van der Waals surface area contributed by atoms with Crippen LogP contribution in [0.5, 0.6) is 0 Å². The zero-order chi connectivity index (χ0) is 20.4. The summed E-state index contributed by atoms with van der Waals surface area (Å²) in [5.41, 5.74) is 11.1. The van der Waals surface area contributed by atoms with Crippen LogP contribution in [0.15, 0.2) is 60.5 Å². The fraction of sp³-hybridized carbons (Fsp3) is 0.231. The normalized spacial score (nSPS) is 13.3. The molecule has 0 unspecified atom stereocenters. The van der Waals surface area contributed by atoms with Gasteiger partial charge in [0.05, 0.1) is 18.8 Å². The van der Waals surface area contributed by atoms with Crippen molar-refractivity contribution in [2.75, 3.05) is 0 Å². The summed E-state index contributed by atoms with van der Waals surface area (Å²) < 4.78 is 0. The zero-order valence-corrected chi connectivity index (χ0v) is 19.6. The number of aromatic nitrogens is 1. The maximum Gasteiger partial charge on any atom is 0.316 e. The molecule has 1 radical (unpaired) electrons. The van der Waals surface area contributed by atoms with Crippen molar-refractivity contribution in [3.05, 3.63) is 88.8 Å². The largest absolute Gasteiger partial charge is 0.512 e. The van der Waals surface area contributed by atoms with Crippen LogP contribution in [0, 0.1) is 6.07 Å². The fourth-order valence-electron chi connectivity index (χ4n) is 4.28. The summed E-state index contributed by atoms with van der Waals surface area (Å²) in [5, 5.41) is 8.40. The molecule has 4 heteroatoms. The Morgan fingerprint density at radius 2 is 1.67 bits per heavy atom. The average molecular weight is 576 g/mol. The van der Waals surface area contributed by atoms with Gasteiger partial charge in [-0.05, 0) is 55.5 Å². The number of benzene rings is 2. The third kappa shape index (κ3) is 4.61. The number of aliphatic hydroxyl groups excluding tert-OH is 1. The van der Waals surface area contributed by atoms with E-state index in [1.165, 1.54) is 53.3 Å². The van der Waals surface area contributed by atoms with E-state index in [-0.39, 0.29) is 31.6 Å². The SMILES string of the molecule is CC(=[OH+])/C=C(/C)O.[Ir].[c-]1c(-c2ccccn2)cc2c3c1CCc1cccc(c1-3)CC2. The van der Waals surface area contributed by atoms with E-state index in [0.717, 1.165) is 36.9 Å². The molecule has 2 N–H and O–H groups in total. The van der Waals surface area contributed by atoms with Gasteiger partial charge in [-0.3, -0.25) is 4.79 Å². The molecule has 0 aliphatic heterocycles. The number of pyridine rings is 1. The van der Waals surface area contributed by atoms with Crippen LogP contribution in [0.1, 0.15) is 36.1 Å². The van der Waals surface area contributed by atoms with Crippen molar-refractivity contribution in [3.8, 4) is 22.4 Å². The van der Waals surface area contributed by atoms with Gasteiger partial charge in [0.25, 0.3) is 0 Å². The Kier molecular flexibility index (Phi) is 7.02. The number of aliphatic hydroxyl groups is 1. The molecule has 0 fully saturated rings. The van der Waals surface area contributed by atoms with Crippen LogP contribution in [0.3, 0.4) is 0 Å². The molecule has 155 valence electrons. The first-order valence-electron chi connectivity index (χ1n) is 10.0. The smallest absolute Gasteiger partial charge is 0.316 e. The van der Waals surface area contributed by atoms with Gasteiger partial charge in [-0.1, -0.05) is 41.5 Å². The first-order valence-corrected chi connectivity index (χ1v) is 10.0. The minimum Gasteiger partial charge on any atom is -0.512 e. The van der Waals surface area contributed by atoms with Crippen molar-refractivity contribution in [3.63, 3.8) is 0 Å². The Morgan fingerprint density at radius 1 is 0.967 bits per heavy atom. The van der Waals surface area contributed by atoms with Gasteiger partial charge in [0.1, 0.15) is 0 Å². The molecule has 2 aliphatic carbocycles. The van der Waals surface area contributed by atoms with E-state index in [4.69, 9.17) is 9.90 Å². The maximum atomic E-state index is 8.40. The molecular formula is C26H25IrNO2. The molecule has 2 aliphatic rings. The van der Waals surface area contributed by atoms with Gasteiger partial charge < -0.3 is 10.1 Å². The third-order valence-corrected chi connectivity index (χ3v) is 5.38. The summed E-state index contributed by atoms with van der Waals surface area (Å²) in [6.07, 6.45) is 7.66. The number of hydrogen-bond donors (Lipinski definition) is 1. The quantitative estimate of drug-likeness (QED) is 0.192. The second-order valence-corrected chi connectivity index (χ2v) is 7.66. The van der Waals surface area contributed by atoms with Crippen molar-refractivity contribution in [1.29, 1.82) is 0 Å².